The van der Waals surface area contributed by atoms with Gasteiger partial charge in [-0.3, -0.25) is 20.2 Å². The van der Waals surface area contributed by atoms with Crippen molar-refractivity contribution in [3.05, 3.63) is 79.9 Å². The first kappa shape index (κ1) is 15.1. The summed E-state index contributed by atoms with van der Waals surface area (Å²) in [5, 5.41) is 21.6. The van der Waals surface area contributed by atoms with Gasteiger partial charge < -0.3 is 4.74 Å². The van der Waals surface area contributed by atoms with Gasteiger partial charge in [-0.05, 0) is 11.6 Å². The fourth-order valence-corrected chi connectivity index (χ4v) is 1.76. The van der Waals surface area contributed by atoms with Gasteiger partial charge in [-0.15, -0.1) is 0 Å². The van der Waals surface area contributed by atoms with E-state index in [2.05, 4.69) is 0 Å². The van der Waals surface area contributed by atoms with E-state index >= 15 is 0 Å². The van der Waals surface area contributed by atoms with Gasteiger partial charge in [0.1, 0.15) is 12.2 Å². The van der Waals surface area contributed by atoms with Crippen molar-refractivity contribution in [2.24, 2.45) is 0 Å². The number of hydrogen-bond acceptors (Lipinski definition) is 6. The molecule has 0 aliphatic heterocycles. The van der Waals surface area contributed by atoms with Crippen molar-refractivity contribution in [3.8, 4) is 0 Å². The third kappa shape index (κ3) is 3.42. The largest absolute Gasteiger partial charge is 0.457 e. The summed E-state index contributed by atoms with van der Waals surface area (Å²) in [7, 11) is 0. The van der Waals surface area contributed by atoms with Crippen LogP contribution in [-0.4, -0.2) is 15.8 Å². The summed E-state index contributed by atoms with van der Waals surface area (Å²) in [6.07, 6.45) is 0. The van der Waals surface area contributed by atoms with Crippen LogP contribution in [0.2, 0.25) is 0 Å². The second-order valence-corrected chi connectivity index (χ2v) is 4.28. The summed E-state index contributed by atoms with van der Waals surface area (Å²) < 4.78 is 4.99. The van der Waals surface area contributed by atoms with E-state index in [-0.39, 0.29) is 12.2 Å². The number of ether oxygens (including phenoxy) is 1. The van der Waals surface area contributed by atoms with Crippen LogP contribution in [0.1, 0.15) is 15.9 Å². The molecule has 0 spiro atoms. The fourth-order valence-electron chi connectivity index (χ4n) is 1.76. The molecule has 0 radical (unpaired) electrons. The molecule has 112 valence electrons. The molecule has 0 atom stereocenters. The van der Waals surface area contributed by atoms with E-state index in [9.17, 15) is 25.0 Å². The molecule has 0 bridgehead atoms. The zero-order valence-corrected chi connectivity index (χ0v) is 11.2. The van der Waals surface area contributed by atoms with Crippen LogP contribution in [0.15, 0.2) is 48.5 Å². The van der Waals surface area contributed by atoms with E-state index in [0.29, 0.717) is 0 Å². The minimum atomic E-state index is -0.912. The molecule has 0 heterocycles. The summed E-state index contributed by atoms with van der Waals surface area (Å²) in [4.78, 5) is 31.9. The lowest BCUT2D eigenvalue weighted by Crippen LogP contribution is -2.08. The normalized spacial score (nSPS) is 10.0. The van der Waals surface area contributed by atoms with Gasteiger partial charge in [-0.25, -0.2) is 4.79 Å². The third-order valence-electron chi connectivity index (χ3n) is 2.82. The molecule has 0 fully saturated rings. The van der Waals surface area contributed by atoms with Crippen LogP contribution in [0.25, 0.3) is 0 Å². The van der Waals surface area contributed by atoms with Gasteiger partial charge in [-0.2, -0.15) is 0 Å². The standard InChI is InChI=1S/C14H10N2O6/c17-14(22-9-10-4-2-1-3-5-10)12-7-6-11(15(18)19)8-13(12)16(20)21/h1-8H,9H2. The monoisotopic (exact) mass is 302 g/mol. The first-order valence-electron chi connectivity index (χ1n) is 6.13. The molecule has 0 amide bonds. The number of carbonyl (C=O) groups is 1. The Bertz CT molecular complexity index is 729. The summed E-state index contributed by atoms with van der Waals surface area (Å²) in [6, 6.07) is 11.6. The molecule has 8 heteroatoms. The molecule has 0 aromatic heterocycles. The van der Waals surface area contributed by atoms with Gasteiger partial charge in [-0.1, -0.05) is 30.3 Å². The minimum absolute atomic E-state index is 0.0478. The molecule has 2 aromatic rings. The highest BCUT2D eigenvalue weighted by Crippen LogP contribution is 2.25. The highest BCUT2D eigenvalue weighted by molar-refractivity contribution is 5.94. The van der Waals surface area contributed by atoms with E-state index in [1.165, 1.54) is 0 Å². The Labute approximate surface area is 124 Å². The summed E-state index contributed by atoms with van der Waals surface area (Å²) in [6.45, 7) is -0.0478. The van der Waals surface area contributed by atoms with Crippen LogP contribution in [0.5, 0.6) is 0 Å². The maximum atomic E-state index is 11.9. The fraction of sp³-hybridized carbons (Fsp3) is 0.0714. The van der Waals surface area contributed by atoms with Crippen LogP contribution in [0, 0.1) is 20.2 Å². The smallest absolute Gasteiger partial charge is 0.345 e. The highest BCUT2D eigenvalue weighted by atomic mass is 16.6. The average molecular weight is 302 g/mol. The van der Waals surface area contributed by atoms with Crippen molar-refractivity contribution >= 4 is 17.3 Å². The van der Waals surface area contributed by atoms with Crippen LogP contribution in [-0.2, 0) is 11.3 Å². The van der Waals surface area contributed by atoms with E-state index in [1.807, 2.05) is 0 Å². The minimum Gasteiger partial charge on any atom is -0.457 e. The van der Waals surface area contributed by atoms with Crippen LogP contribution < -0.4 is 0 Å². The van der Waals surface area contributed by atoms with Crippen molar-refractivity contribution in [2.45, 2.75) is 6.61 Å². The molecule has 0 aliphatic carbocycles. The van der Waals surface area contributed by atoms with Gasteiger partial charge >= 0.3 is 5.97 Å². The lowest BCUT2D eigenvalue weighted by Gasteiger charge is -2.05. The zero-order valence-electron chi connectivity index (χ0n) is 11.2. The van der Waals surface area contributed by atoms with E-state index < -0.39 is 27.2 Å². The molecule has 2 rings (SSSR count). The summed E-state index contributed by atoms with van der Waals surface area (Å²) >= 11 is 0. The molecule has 0 unspecified atom stereocenters. The molecule has 2 aromatic carbocycles. The molecule has 22 heavy (non-hydrogen) atoms. The lowest BCUT2D eigenvalue weighted by atomic mass is 10.1. The Morgan fingerprint density at radius 2 is 1.68 bits per heavy atom. The van der Waals surface area contributed by atoms with Gasteiger partial charge in [0.05, 0.1) is 15.9 Å². The first-order chi connectivity index (χ1) is 10.5. The van der Waals surface area contributed by atoms with Crippen molar-refractivity contribution < 1.29 is 19.4 Å². The Hall–Kier alpha value is -3.29. The number of nitrogens with zero attached hydrogens (tertiary/aromatic N) is 2. The van der Waals surface area contributed by atoms with Crippen LogP contribution >= 0.6 is 0 Å². The molecule has 8 nitrogen and oxygen atoms in total. The second-order valence-electron chi connectivity index (χ2n) is 4.28. The molecular formula is C14H10N2O6. The summed E-state index contributed by atoms with van der Waals surface area (Å²) in [5.74, 6) is -0.912. The van der Waals surface area contributed by atoms with Crippen LogP contribution in [0.3, 0.4) is 0 Å². The van der Waals surface area contributed by atoms with Crippen molar-refractivity contribution in [1.29, 1.82) is 0 Å². The topological polar surface area (TPSA) is 113 Å². The number of carbonyl (C=O) groups excluding carboxylic acids is 1. The maximum Gasteiger partial charge on any atom is 0.345 e. The van der Waals surface area contributed by atoms with Gasteiger partial charge in [0, 0.05) is 6.07 Å². The number of nitro benzene ring substituents is 2. The van der Waals surface area contributed by atoms with Crippen LogP contribution in [0.4, 0.5) is 11.4 Å². The maximum absolute atomic E-state index is 11.9. The zero-order chi connectivity index (χ0) is 16.1. The number of esters is 1. The Balaban J connectivity index is 2.22. The molecule has 0 saturated heterocycles. The molecule has 0 N–H and O–H groups in total. The average Bonchev–Trinajstić information content (AvgIpc) is 2.52. The van der Waals surface area contributed by atoms with Gasteiger partial charge in [0.25, 0.3) is 11.4 Å². The predicted octanol–water partition coefficient (Wildman–Crippen LogP) is 2.86. The SMILES string of the molecule is O=C(OCc1ccccc1)c1ccc([N+](=O)[O-])cc1[N+](=O)[O-]. The van der Waals surface area contributed by atoms with Crippen molar-refractivity contribution in [2.75, 3.05) is 0 Å². The van der Waals surface area contributed by atoms with Crippen molar-refractivity contribution in [3.63, 3.8) is 0 Å². The summed E-state index contributed by atoms with van der Waals surface area (Å²) in [5.41, 5.74) is -0.731. The lowest BCUT2D eigenvalue weighted by molar-refractivity contribution is -0.394. The number of benzene rings is 2. The Kier molecular flexibility index (Phi) is 4.42. The molecule has 0 saturated carbocycles. The molecule has 0 aliphatic rings. The molecular weight excluding hydrogens is 292 g/mol. The Morgan fingerprint density at radius 3 is 2.27 bits per heavy atom. The quantitative estimate of drug-likeness (QED) is 0.476. The van der Waals surface area contributed by atoms with Gasteiger partial charge in [0.15, 0.2) is 0 Å². The number of non-ortho nitro benzene ring substituents is 1. The van der Waals surface area contributed by atoms with E-state index in [0.717, 1.165) is 23.8 Å². The number of nitro groups is 2. The predicted molar refractivity (Wildman–Crippen MR) is 75.3 cm³/mol. The first-order valence-corrected chi connectivity index (χ1v) is 6.13. The number of rotatable bonds is 5. The second kappa shape index (κ2) is 6.44. The van der Waals surface area contributed by atoms with Crippen molar-refractivity contribution in [1.82, 2.24) is 0 Å². The van der Waals surface area contributed by atoms with Gasteiger partial charge in [0.2, 0.25) is 0 Å². The highest BCUT2D eigenvalue weighted by Gasteiger charge is 2.25. The third-order valence-corrected chi connectivity index (χ3v) is 2.82. The van der Waals surface area contributed by atoms with E-state index in [4.69, 9.17) is 4.74 Å². The Morgan fingerprint density at radius 1 is 1.00 bits per heavy atom. The number of hydrogen-bond donors (Lipinski definition) is 0. The van der Waals surface area contributed by atoms with E-state index in [1.54, 1.807) is 30.3 Å².